The molecule has 0 aromatic carbocycles. The van der Waals surface area contributed by atoms with Gasteiger partial charge in [-0.3, -0.25) is 9.59 Å². The van der Waals surface area contributed by atoms with Crippen LogP contribution >= 0.6 is 0 Å². The third-order valence-electron chi connectivity index (χ3n) is 3.24. The summed E-state index contributed by atoms with van der Waals surface area (Å²) in [6, 6.07) is -0.754. The van der Waals surface area contributed by atoms with Gasteiger partial charge in [-0.15, -0.1) is 0 Å². The molecule has 1 rings (SSSR count). The van der Waals surface area contributed by atoms with Gasteiger partial charge in [0, 0.05) is 13.0 Å². The Kier molecular flexibility index (Phi) is 5.53. The summed E-state index contributed by atoms with van der Waals surface area (Å²) in [7, 11) is 0. The van der Waals surface area contributed by atoms with E-state index in [0.717, 1.165) is 12.8 Å². The maximum absolute atomic E-state index is 12.0. The van der Waals surface area contributed by atoms with E-state index in [4.69, 9.17) is 5.11 Å². The van der Waals surface area contributed by atoms with E-state index in [1.165, 1.54) is 4.90 Å². The van der Waals surface area contributed by atoms with E-state index in [1.54, 1.807) is 0 Å². The summed E-state index contributed by atoms with van der Waals surface area (Å²) in [5.41, 5.74) is -0.137. The summed E-state index contributed by atoms with van der Waals surface area (Å²) in [6.07, 6.45) is 2.45. The van der Waals surface area contributed by atoms with Gasteiger partial charge in [0.2, 0.25) is 11.8 Å². The predicted octanol–water partition coefficient (Wildman–Crippen LogP) is 1.00. The van der Waals surface area contributed by atoms with Crippen LogP contribution in [0.5, 0.6) is 0 Å². The molecule has 1 unspecified atom stereocenters. The van der Waals surface area contributed by atoms with Gasteiger partial charge in [-0.1, -0.05) is 20.8 Å². The van der Waals surface area contributed by atoms with E-state index in [2.05, 4.69) is 5.32 Å². The van der Waals surface area contributed by atoms with Gasteiger partial charge in [0.15, 0.2) is 0 Å². The molecule has 1 aliphatic heterocycles. The van der Waals surface area contributed by atoms with Crippen LogP contribution in [0.1, 0.15) is 46.5 Å². The molecule has 0 aromatic rings. The fraction of sp³-hybridized carbons (Fsp3) is 0.786. The minimum Gasteiger partial charge on any atom is -0.480 e. The zero-order valence-electron chi connectivity index (χ0n) is 12.4. The fourth-order valence-electron chi connectivity index (χ4n) is 2.31. The molecule has 6 heteroatoms. The van der Waals surface area contributed by atoms with Crippen molar-refractivity contribution in [1.29, 1.82) is 0 Å². The fourth-order valence-corrected chi connectivity index (χ4v) is 2.31. The molecular formula is C14H24N2O4. The normalized spacial score (nSPS) is 19.6. The highest BCUT2D eigenvalue weighted by molar-refractivity contribution is 5.88. The number of amides is 2. The Hall–Kier alpha value is -1.59. The van der Waals surface area contributed by atoms with Crippen LogP contribution in [-0.2, 0) is 14.4 Å². The lowest BCUT2D eigenvalue weighted by Gasteiger charge is -2.33. The maximum Gasteiger partial charge on any atom is 0.326 e. The second-order valence-corrected chi connectivity index (χ2v) is 6.45. The third kappa shape index (κ3) is 5.19. The Morgan fingerprint density at radius 3 is 2.45 bits per heavy atom. The number of piperidine rings is 1. The van der Waals surface area contributed by atoms with Crippen molar-refractivity contribution in [3.63, 3.8) is 0 Å². The number of rotatable bonds is 4. The van der Waals surface area contributed by atoms with E-state index >= 15 is 0 Å². The van der Waals surface area contributed by atoms with Crippen LogP contribution in [0.4, 0.5) is 0 Å². The number of nitrogens with one attached hydrogen (secondary N) is 1. The summed E-state index contributed by atoms with van der Waals surface area (Å²) >= 11 is 0. The number of hydrogen-bond acceptors (Lipinski definition) is 3. The summed E-state index contributed by atoms with van der Waals surface area (Å²) in [5.74, 6) is -1.48. The molecule has 1 fully saturated rings. The van der Waals surface area contributed by atoms with E-state index < -0.39 is 12.0 Å². The first kappa shape index (κ1) is 16.5. The largest absolute Gasteiger partial charge is 0.480 e. The maximum atomic E-state index is 12.0. The summed E-state index contributed by atoms with van der Waals surface area (Å²) in [5, 5.41) is 11.7. The number of aliphatic carboxylic acids is 1. The van der Waals surface area contributed by atoms with Crippen molar-refractivity contribution < 1.29 is 19.5 Å². The van der Waals surface area contributed by atoms with Crippen LogP contribution in [0.3, 0.4) is 0 Å². The molecule has 1 saturated heterocycles. The molecule has 0 saturated carbocycles. The summed E-state index contributed by atoms with van der Waals surface area (Å²) in [4.78, 5) is 36.2. The number of carboxylic acid groups (broad SMARTS) is 1. The zero-order chi connectivity index (χ0) is 15.3. The lowest BCUT2D eigenvalue weighted by atomic mass is 9.92. The monoisotopic (exact) mass is 284 g/mol. The van der Waals surface area contributed by atoms with Crippen molar-refractivity contribution in [1.82, 2.24) is 10.2 Å². The molecule has 0 aliphatic carbocycles. The van der Waals surface area contributed by atoms with Gasteiger partial charge in [-0.2, -0.15) is 0 Å². The highest BCUT2D eigenvalue weighted by atomic mass is 16.4. The molecular weight excluding hydrogens is 260 g/mol. The third-order valence-corrected chi connectivity index (χ3v) is 3.24. The van der Waals surface area contributed by atoms with Gasteiger partial charge in [0.25, 0.3) is 0 Å². The van der Waals surface area contributed by atoms with Gasteiger partial charge in [-0.25, -0.2) is 4.79 Å². The number of carbonyl (C=O) groups is 3. The first-order valence-corrected chi connectivity index (χ1v) is 7.00. The van der Waals surface area contributed by atoms with Crippen molar-refractivity contribution in [2.45, 2.75) is 52.5 Å². The van der Waals surface area contributed by atoms with Gasteiger partial charge in [0.05, 0.1) is 6.54 Å². The quantitative estimate of drug-likeness (QED) is 0.806. The number of nitrogens with zero attached hydrogens (tertiary/aromatic N) is 1. The minimum absolute atomic E-state index is 0.126. The first-order valence-electron chi connectivity index (χ1n) is 7.00. The van der Waals surface area contributed by atoms with E-state index in [0.29, 0.717) is 19.4 Å². The lowest BCUT2D eigenvalue weighted by molar-refractivity contribution is -0.151. The van der Waals surface area contributed by atoms with Crippen LogP contribution < -0.4 is 5.32 Å². The molecule has 6 nitrogen and oxygen atoms in total. The molecule has 114 valence electrons. The van der Waals surface area contributed by atoms with Crippen molar-refractivity contribution in [3.8, 4) is 0 Å². The van der Waals surface area contributed by atoms with Crippen LogP contribution in [0.25, 0.3) is 0 Å². The van der Waals surface area contributed by atoms with Crippen LogP contribution in [-0.4, -0.2) is 46.9 Å². The Bertz CT molecular complexity index is 387. The second-order valence-electron chi connectivity index (χ2n) is 6.45. The van der Waals surface area contributed by atoms with Crippen LogP contribution in [0.2, 0.25) is 0 Å². The summed E-state index contributed by atoms with van der Waals surface area (Å²) < 4.78 is 0. The van der Waals surface area contributed by atoms with Crippen molar-refractivity contribution in [2.24, 2.45) is 5.41 Å². The average Bonchev–Trinajstić information content (AvgIpc) is 2.33. The predicted molar refractivity (Wildman–Crippen MR) is 74.1 cm³/mol. The number of likely N-dealkylation sites (tertiary alicyclic amines) is 1. The summed E-state index contributed by atoms with van der Waals surface area (Å²) in [6.45, 7) is 6.15. The van der Waals surface area contributed by atoms with Crippen molar-refractivity contribution in [3.05, 3.63) is 0 Å². The molecule has 1 aliphatic rings. The van der Waals surface area contributed by atoms with Crippen molar-refractivity contribution >= 4 is 17.8 Å². The topological polar surface area (TPSA) is 86.7 Å². The zero-order valence-corrected chi connectivity index (χ0v) is 12.4. The lowest BCUT2D eigenvalue weighted by Crippen LogP contribution is -2.51. The van der Waals surface area contributed by atoms with E-state index in [-0.39, 0.29) is 23.8 Å². The van der Waals surface area contributed by atoms with Gasteiger partial charge in [0.1, 0.15) is 6.04 Å². The molecule has 0 bridgehead atoms. The molecule has 2 N–H and O–H groups in total. The van der Waals surface area contributed by atoms with Crippen molar-refractivity contribution in [2.75, 3.05) is 13.1 Å². The molecule has 1 atom stereocenters. The number of hydrogen-bond donors (Lipinski definition) is 2. The van der Waals surface area contributed by atoms with E-state index in [1.807, 2.05) is 20.8 Å². The van der Waals surface area contributed by atoms with Gasteiger partial charge >= 0.3 is 5.97 Å². The van der Waals surface area contributed by atoms with E-state index in [9.17, 15) is 14.4 Å². The number of carbonyl (C=O) groups excluding carboxylic acids is 2. The van der Waals surface area contributed by atoms with Gasteiger partial charge < -0.3 is 15.3 Å². The number of carboxylic acids is 1. The van der Waals surface area contributed by atoms with Crippen LogP contribution in [0, 0.1) is 5.41 Å². The molecule has 20 heavy (non-hydrogen) atoms. The molecule has 0 aromatic heterocycles. The Morgan fingerprint density at radius 1 is 1.25 bits per heavy atom. The SMILES string of the molecule is CC(C)(C)CC(=O)NCC(=O)N1CCCCC1C(=O)O. The Balaban J connectivity index is 2.49. The average molecular weight is 284 g/mol. The highest BCUT2D eigenvalue weighted by Crippen LogP contribution is 2.18. The molecule has 1 heterocycles. The Morgan fingerprint density at radius 2 is 1.90 bits per heavy atom. The molecule has 0 spiro atoms. The minimum atomic E-state index is -0.973. The van der Waals surface area contributed by atoms with Gasteiger partial charge in [-0.05, 0) is 24.7 Å². The Labute approximate surface area is 119 Å². The standard InChI is InChI=1S/C14H24N2O4/c1-14(2,3)8-11(17)15-9-12(18)16-7-5-4-6-10(16)13(19)20/h10H,4-9H2,1-3H3,(H,15,17)(H,19,20). The highest BCUT2D eigenvalue weighted by Gasteiger charge is 2.31. The smallest absolute Gasteiger partial charge is 0.326 e. The van der Waals surface area contributed by atoms with Crippen LogP contribution in [0.15, 0.2) is 0 Å². The second kappa shape index (κ2) is 6.72. The molecule has 2 amide bonds. The first-order chi connectivity index (χ1) is 9.20. The molecule has 0 radical (unpaired) electrons.